The van der Waals surface area contributed by atoms with E-state index >= 15 is 0 Å². The summed E-state index contributed by atoms with van der Waals surface area (Å²) in [4.78, 5) is 11.5. The van der Waals surface area contributed by atoms with Crippen molar-refractivity contribution in [3.8, 4) is 0 Å². The summed E-state index contributed by atoms with van der Waals surface area (Å²) in [6.45, 7) is 4.11. The molecule has 0 unspecified atom stereocenters. The van der Waals surface area contributed by atoms with Crippen molar-refractivity contribution in [1.82, 2.24) is 0 Å². The van der Waals surface area contributed by atoms with Crippen LogP contribution in [0.3, 0.4) is 0 Å². The molecule has 0 aliphatic carbocycles. The van der Waals surface area contributed by atoms with Gasteiger partial charge >= 0.3 is 5.97 Å². The Morgan fingerprint density at radius 3 is 2.89 bits per heavy atom. The highest BCUT2D eigenvalue weighted by atomic mass is 16.6. The topological polar surface area (TPSA) is 35.5 Å². The van der Waals surface area contributed by atoms with Gasteiger partial charge < -0.3 is 9.47 Å². The lowest BCUT2D eigenvalue weighted by Crippen LogP contribution is -2.34. The normalized spacial score (nSPS) is 22.8. The fourth-order valence-electron chi connectivity index (χ4n) is 2.32. The molecule has 2 atom stereocenters. The van der Waals surface area contributed by atoms with Crippen molar-refractivity contribution in [3.63, 3.8) is 0 Å². The minimum Gasteiger partial charge on any atom is -0.462 e. The van der Waals surface area contributed by atoms with Crippen LogP contribution in [-0.2, 0) is 20.7 Å². The highest BCUT2D eigenvalue weighted by molar-refractivity contribution is 5.71. The number of ether oxygens (including phenoxy) is 2. The summed E-state index contributed by atoms with van der Waals surface area (Å²) >= 11 is 0. The van der Waals surface area contributed by atoms with Gasteiger partial charge in [0.05, 0.1) is 19.1 Å². The summed E-state index contributed by atoms with van der Waals surface area (Å²) in [5.74, 6) is -0.154. The first kappa shape index (κ1) is 13.8. The van der Waals surface area contributed by atoms with Gasteiger partial charge in [-0.15, -0.1) is 6.58 Å². The van der Waals surface area contributed by atoms with Gasteiger partial charge in [0.25, 0.3) is 0 Å². The third-order valence-electron chi connectivity index (χ3n) is 3.27. The Morgan fingerprint density at radius 1 is 1.37 bits per heavy atom. The third-order valence-corrected chi connectivity index (χ3v) is 3.27. The molecule has 0 N–H and O–H groups in total. The predicted octanol–water partition coefficient (Wildman–Crippen LogP) is 2.90. The van der Waals surface area contributed by atoms with E-state index in [4.69, 9.17) is 9.47 Å². The molecule has 0 amide bonds. The molecule has 0 saturated carbocycles. The smallest absolute Gasteiger partial charge is 0.308 e. The van der Waals surface area contributed by atoms with Gasteiger partial charge in [-0.3, -0.25) is 4.79 Å². The number of hydrogen-bond donors (Lipinski definition) is 0. The molecule has 0 aromatic heterocycles. The van der Waals surface area contributed by atoms with Gasteiger partial charge in [-0.25, -0.2) is 0 Å². The Hall–Kier alpha value is -1.61. The van der Waals surface area contributed by atoms with Crippen LogP contribution in [0.1, 0.15) is 24.8 Å². The molecule has 1 fully saturated rings. The van der Waals surface area contributed by atoms with Crippen molar-refractivity contribution in [1.29, 1.82) is 0 Å². The molecule has 0 bridgehead atoms. The number of benzene rings is 1. The number of cyclic esters (lactones) is 1. The summed E-state index contributed by atoms with van der Waals surface area (Å²) < 4.78 is 10.9. The second-order valence-electron chi connectivity index (χ2n) is 4.82. The average Bonchev–Trinajstić information content (AvgIpc) is 2.43. The Balaban J connectivity index is 1.82. The summed E-state index contributed by atoms with van der Waals surface area (Å²) in [7, 11) is 0. The minimum atomic E-state index is -0.154. The van der Waals surface area contributed by atoms with E-state index < -0.39 is 0 Å². The van der Waals surface area contributed by atoms with Gasteiger partial charge in [0.15, 0.2) is 0 Å². The molecular formula is C16H20O3. The van der Waals surface area contributed by atoms with Gasteiger partial charge in [0.2, 0.25) is 0 Å². The van der Waals surface area contributed by atoms with Crippen LogP contribution in [-0.4, -0.2) is 24.8 Å². The van der Waals surface area contributed by atoms with E-state index in [2.05, 4.69) is 18.7 Å². The lowest BCUT2D eigenvalue weighted by molar-refractivity contribution is -0.162. The van der Waals surface area contributed by atoms with E-state index in [0.29, 0.717) is 13.0 Å². The third kappa shape index (κ3) is 4.52. The molecule has 19 heavy (non-hydrogen) atoms. The van der Waals surface area contributed by atoms with Crippen LogP contribution in [0.2, 0.25) is 0 Å². The number of aryl methyl sites for hydroxylation is 1. The second-order valence-corrected chi connectivity index (χ2v) is 4.82. The Morgan fingerprint density at radius 2 is 2.16 bits per heavy atom. The fourth-order valence-corrected chi connectivity index (χ4v) is 2.32. The maximum absolute atomic E-state index is 11.5. The summed E-state index contributed by atoms with van der Waals surface area (Å²) in [5.41, 5.74) is 1.27. The van der Waals surface area contributed by atoms with Crippen molar-refractivity contribution in [2.75, 3.05) is 6.61 Å². The highest BCUT2D eigenvalue weighted by Gasteiger charge is 2.28. The summed E-state index contributed by atoms with van der Waals surface area (Å²) in [6, 6.07) is 10.2. The lowest BCUT2D eigenvalue weighted by Gasteiger charge is -2.28. The van der Waals surface area contributed by atoms with Gasteiger partial charge in [0, 0.05) is 6.42 Å². The summed E-state index contributed by atoms with van der Waals surface area (Å²) in [6.07, 6.45) is 4.56. The molecule has 1 heterocycles. The van der Waals surface area contributed by atoms with E-state index in [-0.39, 0.29) is 18.2 Å². The van der Waals surface area contributed by atoms with E-state index in [0.717, 1.165) is 19.3 Å². The molecule has 1 aromatic rings. The van der Waals surface area contributed by atoms with Crippen LogP contribution in [0.25, 0.3) is 0 Å². The first-order chi connectivity index (χ1) is 9.28. The maximum atomic E-state index is 11.5. The Bertz CT molecular complexity index is 413. The van der Waals surface area contributed by atoms with Gasteiger partial charge in [-0.2, -0.15) is 0 Å². The van der Waals surface area contributed by atoms with Crippen LogP contribution in [0.15, 0.2) is 43.0 Å². The number of rotatable bonds is 6. The summed E-state index contributed by atoms with van der Waals surface area (Å²) in [5, 5.41) is 0. The zero-order chi connectivity index (χ0) is 13.5. The molecule has 0 radical (unpaired) electrons. The number of carbonyl (C=O) groups excluding carboxylic acids is 1. The molecular weight excluding hydrogens is 240 g/mol. The van der Waals surface area contributed by atoms with Crippen LogP contribution in [0.4, 0.5) is 0 Å². The fraction of sp³-hybridized carbons (Fsp3) is 0.438. The van der Waals surface area contributed by atoms with Crippen molar-refractivity contribution in [2.24, 2.45) is 0 Å². The van der Waals surface area contributed by atoms with E-state index in [1.54, 1.807) is 6.08 Å². The molecule has 1 aromatic carbocycles. The zero-order valence-corrected chi connectivity index (χ0v) is 11.1. The molecule has 1 aliphatic heterocycles. The van der Waals surface area contributed by atoms with Gasteiger partial charge in [0.1, 0.15) is 6.10 Å². The molecule has 3 heteroatoms. The number of hydrogen-bond acceptors (Lipinski definition) is 3. The molecule has 102 valence electrons. The van der Waals surface area contributed by atoms with Crippen LogP contribution >= 0.6 is 0 Å². The first-order valence-electron chi connectivity index (χ1n) is 6.74. The average molecular weight is 260 g/mol. The molecule has 3 nitrogen and oxygen atoms in total. The van der Waals surface area contributed by atoms with Crippen molar-refractivity contribution < 1.29 is 14.3 Å². The first-order valence-corrected chi connectivity index (χ1v) is 6.74. The zero-order valence-electron chi connectivity index (χ0n) is 11.1. The number of esters is 1. The monoisotopic (exact) mass is 260 g/mol. The number of carbonyl (C=O) groups is 1. The Kier molecular flexibility index (Phi) is 5.16. The molecule has 0 spiro atoms. The SMILES string of the molecule is C=CCO[C@H]1CC(=O)O[C@H](CCc2ccccc2)C1. The van der Waals surface area contributed by atoms with Crippen molar-refractivity contribution >= 4 is 5.97 Å². The van der Waals surface area contributed by atoms with Gasteiger partial charge in [-0.05, 0) is 18.4 Å². The maximum Gasteiger partial charge on any atom is 0.308 e. The van der Waals surface area contributed by atoms with Crippen molar-refractivity contribution in [3.05, 3.63) is 48.6 Å². The van der Waals surface area contributed by atoms with E-state index in [1.165, 1.54) is 5.56 Å². The van der Waals surface area contributed by atoms with Crippen LogP contribution < -0.4 is 0 Å². The lowest BCUT2D eigenvalue weighted by atomic mass is 9.99. The van der Waals surface area contributed by atoms with E-state index in [1.807, 2.05) is 18.2 Å². The standard InChI is InChI=1S/C16H20O3/c1-2-10-18-15-11-14(19-16(17)12-15)9-8-13-6-4-3-5-7-13/h2-7,14-15H,1,8-12H2/t14-,15-/m1/s1. The molecule has 2 rings (SSSR count). The predicted molar refractivity (Wildman–Crippen MR) is 73.8 cm³/mol. The van der Waals surface area contributed by atoms with E-state index in [9.17, 15) is 4.79 Å². The Labute approximate surface area is 114 Å². The molecule has 1 aliphatic rings. The minimum absolute atomic E-state index is 0.0278. The van der Waals surface area contributed by atoms with Gasteiger partial charge in [-0.1, -0.05) is 36.4 Å². The second kappa shape index (κ2) is 7.10. The highest BCUT2D eigenvalue weighted by Crippen LogP contribution is 2.21. The van der Waals surface area contributed by atoms with Crippen LogP contribution in [0.5, 0.6) is 0 Å². The van der Waals surface area contributed by atoms with Crippen molar-refractivity contribution in [2.45, 2.75) is 37.9 Å². The molecule has 1 saturated heterocycles. The largest absolute Gasteiger partial charge is 0.462 e. The quantitative estimate of drug-likeness (QED) is 0.583. The van der Waals surface area contributed by atoms with Crippen LogP contribution in [0, 0.1) is 0 Å².